The van der Waals surface area contributed by atoms with Gasteiger partial charge in [-0.15, -0.1) is 0 Å². The highest BCUT2D eigenvalue weighted by Gasteiger charge is 2.30. The van der Waals surface area contributed by atoms with Crippen LogP contribution in [0.2, 0.25) is 0 Å². The molecule has 6 nitrogen and oxygen atoms in total. The number of nitrogens with one attached hydrogen (secondary N) is 1. The molecule has 2 N–H and O–H groups in total. The van der Waals surface area contributed by atoms with E-state index < -0.39 is 11.5 Å². The van der Waals surface area contributed by atoms with E-state index in [0.717, 1.165) is 12.2 Å². The molecule has 21 heavy (non-hydrogen) atoms. The number of carbonyl (C=O) groups excluding carboxylic acids is 1. The summed E-state index contributed by atoms with van der Waals surface area (Å²) < 4.78 is 1.33. The van der Waals surface area contributed by atoms with Crippen molar-refractivity contribution in [2.45, 2.75) is 39.7 Å². The molecule has 0 saturated heterocycles. The van der Waals surface area contributed by atoms with Gasteiger partial charge in [0.25, 0.3) is 0 Å². The van der Waals surface area contributed by atoms with Gasteiger partial charge in [0.05, 0.1) is 17.6 Å². The average Bonchev–Trinajstić information content (AvgIpc) is 2.83. The summed E-state index contributed by atoms with van der Waals surface area (Å²) in [5.74, 6) is 0.901. The molecule has 0 atom stereocenters. The molecule has 0 aliphatic rings. The molecule has 1 heterocycles. The van der Waals surface area contributed by atoms with Gasteiger partial charge in [0.15, 0.2) is 5.54 Å². The Morgan fingerprint density at radius 2 is 2.14 bits per heavy atom. The molecule has 0 aliphatic carbocycles. The average molecular weight is 313 g/mol. The number of thioether (sulfide) groups is 1. The number of hydrogen-bond donors (Lipinski definition) is 2. The summed E-state index contributed by atoms with van der Waals surface area (Å²) in [5, 5.41) is 15.8. The third kappa shape index (κ3) is 5.41. The van der Waals surface area contributed by atoms with Crippen LogP contribution in [0.3, 0.4) is 0 Å². The van der Waals surface area contributed by atoms with Crippen molar-refractivity contribution in [2.75, 3.05) is 16.8 Å². The van der Waals surface area contributed by atoms with E-state index in [0.29, 0.717) is 17.4 Å². The second kappa shape index (κ2) is 7.49. The summed E-state index contributed by atoms with van der Waals surface area (Å²) in [7, 11) is 0. The van der Waals surface area contributed by atoms with E-state index in [1.807, 2.05) is 0 Å². The van der Waals surface area contributed by atoms with Gasteiger partial charge in [-0.1, -0.05) is 13.8 Å². The highest BCUT2D eigenvalue weighted by Crippen LogP contribution is 2.17. The Bertz CT molecular complexity index is 497. The largest absolute Gasteiger partial charge is 0.479 e. The lowest BCUT2D eigenvalue weighted by atomic mass is 10.1. The molecule has 1 aromatic heterocycles. The van der Waals surface area contributed by atoms with Crippen LogP contribution in [-0.2, 0) is 15.1 Å². The lowest BCUT2D eigenvalue weighted by Crippen LogP contribution is -2.35. The number of amides is 1. The topological polar surface area (TPSA) is 84.2 Å². The Hall–Kier alpha value is -1.50. The zero-order valence-corrected chi connectivity index (χ0v) is 13.7. The van der Waals surface area contributed by atoms with Crippen LogP contribution in [-0.4, -0.2) is 38.3 Å². The second-order valence-corrected chi connectivity index (χ2v) is 6.93. The van der Waals surface area contributed by atoms with Gasteiger partial charge in [-0.3, -0.25) is 9.48 Å². The summed E-state index contributed by atoms with van der Waals surface area (Å²) in [6.45, 7) is 7.41. The molecular formula is C14H23N3O3S. The fourth-order valence-corrected chi connectivity index (χ4v) is 2.51. The first-order chi connectivity index (χ1) is 9.73. The smallest absolute Gasteiger partial charge is 0.331 e. The van der Waals surface area contributed by atoms with Gasteiger partial charge < -0.3 is 10.4 Å². The van der Waals surface area contributed by atoms with E-state index >= 15 is 0 Å². The van der Waals surface area contributed by atoms with Crippen molar-refractivity contribution in [1.82, 2.24) is 9.78 Å². The second-order valence-electron chi connectivity index (χ2n) is 5.82. The third-order valence-corrected chi connectivity index (χ3v) is 4.03. The number of anilines is 1. The number of carboxylic acids is 1. The summed E-state index contributed by atoms with van der Waals surface area (Å²) in [4.78, 5) is 22.9. The molecular weight excluding hydrogens is 290 g/mol. The van der Waals surface area contributed by atoms with Gasteiger partial charge >= 0.3 is 5.97 Å². The minimum atomic E-state index is -1.14. The van der Waals surface area contributed by atoms with Gasteiger partial charge in [-0.2, -0.15) is 16.9 Å². The van der Waals surface area contributed by atoms with Crippen LogP contribution in [0.1, 0.15) is 34.1 Å². The van der Waals surface area contributed by atoms with Crippen molar-refractivity contribution >= 4 is 29.3 Å². The number of nitrogens with zero attached hydrogens (tertiary/aromatic N) is 2. The Balaban J connectivity index is 2.48. The summed E-state index contributed by atoms with van der Waals surface area (Å²) >= 11 is 1.59. The van der Waals surface area contributed by atoms with E-state index in [1.54, 1.807) is 25.6 Å². The SMILES string of the molecule is CC(C)CCSCC(=O)Nc1cnn(C(C)(C)C(=O)O)c1. The zero-order valence-electron chi connectivity index (χ0n) is 12.9. The van der Waals surface area contributed by atoms with E-state index in [9.17, 15) is 9.59 Å². The summed E-state index contributed by atoms with van der Waals surface area (Å²) in [6, 6.07) is 0. The van der Waals surface area contributed by atoms with Crippen molar-refractivity contribution in [2.24, 2.45) is 5.92 Å². The maximum Gasteiger partial charge on any atom is 0.331 e. The Morgan fingerprint density at radius 1 is 1.48 bits per heavy atom. The van der Waals surface area contributed by atoms with Gasteiger partial charge in [-0.25, -0.2) is 4.79 Å². The van der Waals surface area contributed by atoms with Gasteiger partial charge in [0, 0.05) is 6.20 Å². The summed E-state index contributed by atoms with van der Waals surface area (Å²) in [5.41, 5.74) is -0.631. The fraction of sp³-hybridized carbons (Fsp3) is 0.643. The maximum absolute atomic E-state index is 11.8. The number of carbonyl (C=O) groups is 2. The minimum Gasteiger partial charge on any atom is -0.479 e. The molecule has 0 aliphatic heterocycles. The predicted molar refractivity (Wildman–Crippen MR) is 84.6 cm³/mol. The molecule has 1 amide bonds. The molecule has 118 valence electrons. The van der Waals surface area contributed by atoms with Crippen LogP contribution in [0.15, 0.2) is 12.4 Å². The molecule has 1 rings (SSSR count). The normalized spacial score (nSPS) is 11.7. The van der Waals surface area contributed by atoms with Crippen molar-refractivity contribution < 1.29 is 14.7 Å². The van der Waals surface area contributed by atoms with Gasteiger partial charge in [-0.05, 0) is 31.9 Å². The van der Waals surface area contributed by atoms with Crippen LogP contribution < -0.4 is 5.32 Å². The van der Waals surface area contributed by atoms with E-state index in [1.165, 1.54) is 17.1 Å². The highest BCUT2D eigenvalue weighted by molar-refractivity contribution is 7.99. The zero-order chi connectivity index (χ0) is 16.0. The van der Waals surface area contributed by atoms with Crippen molar-refractivity contribution in [3.05, 3.63) is 12.4 Å². The number of rotatable bonds is 8. The Kier molecular flexibility index (Phi) is 6.26. The van der Waals surface area contributed by atoms with Crippen molar-refractivity contribution in [1.29, 1.82) is 0 Å². The molecule has 1 aromatic rings. The first kappa shape index (κ1) is 17.6. The third-order valence-electron chi connectivity index (χ3n) is 3.04. The lowest BCUT2D eigenvalue weighted by molar-refractivity contribution is -0.146. The molecule has 0 fully saturated rings. The monoisotopic (exact) mass is 313 g/mol. The fourth-order valence-electron chi connectivity index (χ4n) is 1.47. The molecule has 0 spiro atoms. The molecule has 0 bridgehead atoms. The van der Waals surface area contributed by atoms with Crippen LogP contribution >= 0.6 is 11.8 Å². The van der Waals surface area contributed by atoms with Gasteiger partial charge in [0.1, 0.15) is 0 Å². The van der Waals surface area contributed by atoms with E-state index in [-0.39, 0.29) is 5.91 Å². The highest BCUT2D eigenvalue weighted by atomic mass is 32.2. The molecule has 0 aromatic carbocycles. The van der Waals surface area contributed by atoms with Crippen LogP contribution in [0.5, 0.6) is 0 Å². The van der Waals surface area contributed by atoms with E-state index in [2.05, 4.69) is 24.3 Å². The first-order valence-electron chi connectivity index (χ1n) is 6.89. The van der Waals surface area contributed by atoms with Gasteiger partial charge in [0.2, 0.25) is 5.91 Å². The van der Waals surface area contributed by atoms with E-state index in [4.69, 9.17) is 5.11 Å². The number of aliphatic carboxylic acids is 1. The molecule has 0 unspecified atom stereocenters. The summed E-state index contributed by atoms with van der Waals surface area (Å²) in [6.07, 6.45) is 4.08. The first-order valence-corrected chi connectivity index (χ1v) is 8.05. The lowest BCUT2D eigenvalue weighted by Gasteiger charge is -2.19. The number of hydrogen-bond acceptors (Lipinski definition) is 4. The predicted octanol–water partition coefficient (Wildman–Crippen LogP) is 2.42. The Labute approximate surface area is 129 Å². The van der Waals surface area contributed by atoms with Crippen LogP contribution in [0.25, 0.3) is 0 Å². The quantitative estimate of drug-likeness (QED) is 0.720. The number of carboxylic acid groups (broad SMARTS) is 1. The molecule has 7 heteroatoms. The molecule has 0 radical (unpaired) electrons. The standard InChI is InChI=1S/C14H23N3O3S/c1-10(2)5-6-21-9-12(18)16-11-7-15-17(8-11)14(3,4)13(19)20/h7-8,10H,5-6,9H2,1-4H3,(H,16,18)(H,19,20). The minimum absolute atomic E-state index is 0.101. The number of aromatic nitrogens is 2. The maximum atomic E-state index is 11.8. The van der Waals surface area contributed by atoms with Crippen LogP contribution in [0, 0.1) is 5.92 Å². The molecule has 0 saturated carbocycles. The Morgan fingerprint density at radius 3 is 2.71 bits per heavy atom. The van der Waals surface area contributed by atoms with Crippen LogP contribution in [0.4, 0.5) is 5.69 Å². The van der Waals surface area contributed by atoms with Crippen molar-refractivity contribution in [3.8, 4) is 0 Å². The van der Waals surface area contributed by atoms with Crippen molar-refractivity contribution in [3.63, 3.8) is 0 Å².